The molecule has 1 aromatic heterocycles. The average Bonchev–Trinajstić information content (AvgIpc) is 3.11. The Kier molecular flexibility index (Phi) is 4.11. The van der Waals surface area contributed by atoms with Crippen LogP contribution in [0.5, 0.6) is 11.5 Å². The number of nitrogens with zero attached hydrogens (tertiary/aromatic N) is 3. The third kappa shape index (κ3) is 2.76. The van der Waals surface area contributed by atoms with Gasteiger partial charge >= 0.3 is 5.69 Å². The number of benzene rings is 2. The number of nitro benzene ring substituents is 1. The molecule has 2 aromatic carbocycles. The second kappa shape index (κ2) is 6.37. The van der Waals surface area contributed by atoms with Gasteiger partial charge in [0.1, 0.15) is 0 Å². The molecule has 0 aliphatic rings. The maximum absolute atomic E-state index is 11.3. The fourth-order valence-corrected chi connectivity index (χ4v) is 2.24. The predicted molar refractivity (Wildman–Crippen MR) is 84.9 cm³/mol. The molecular formula is C16H13N3O5. The molecule has 3 aromatic rings. The Morgan fingerprint density at radius 1 is 1.00 bits per heavy atom. The van der Waals surface area contributed by atoms with Gasteiger partial charge in [-0.3, -0.25) is 10.1 Å². The molecule has 8 heteroatoms. The zero-order valence-electron chi connectivity index (χ0n) is 12.9. The van der Waals surface area contributed by atoms with Gasteiger partial charge in [0.25, 0.3) is 0 Å². The van der Waals surface area contributed by atoms with Crippen molar-refractivity contribution in [2.75, 3.05) is 14.2 Å². The Labute approximate surface area is 136 Å². The molecule has 0 aliphatic heterocycles. The summed E-state index contributed by atoms with van der Waals surface area (Å²) in [7, 11) is 2.74. The Morgan fingerprint density at radius 2 is 1.67 bits per heavy atom. The van der Waals surface area contributed by atoms with Crippen LogP contribution in [0.1, 0.15) is 0 Å². The first kappa shape index (κ1) is 15.5. The summed E-state index contributed by atoms with van der Waals surface area (Å²) in [5, 5.41) is 19.2. The van der Waals surface area contributed by atoms with E-state index in [9.17, 15) is 10.1 Å². The molecule has 0 atom stereocenters. The first-order valence-electron chi connectivity index (χ1n) is 6.93. The summed E-state index contributed by atoms with van der Waals surface area (Å²) in [6.07, 6.45) is 0. The molecule has 0 spiro atoms. The highest BCUT2D eigenvalue weighted by atomic mass is 16.6. The number of ether oxygens (including phenoxy) is 2. The topological polar surface area (TPSA) is 101 Å². The molecular weight excluding hydrogens is 314 g/mol. The third-order valence-electron chi connectivity index (χ3n) is 3.35. The lowest BCUT2D eigenvalue weighted by Gasteiger charge is -2.08. The molecule has 1 heterocycles. The maximum Gasteiger partial charge on any atom is 0.315 e. The van der Waals surface area contributed by atoms with Crippen molar-refractivity contribution >= 4 is 5.69 Å². The zero-order valence-corrected chi connectivity index (χ0v) is 12.9. The van der Waals surface area contributed by atoms with E-state index in [0.29, 0.717) is 11.5 Å². The second-order valence-electron chi connectivity index (χ2n) is 4.77. The highest BCUT2D eigenvalue weighted by molar-refractivity contribution is 5.69. The fraction of sp³-hybridized carbons (Fsp3) is 0.125. The molecule has 0 saturated heterocycles. The van der Waals surface area contributed by atoms with Gasteiger partial charge in [0.05, 0.1) is 19.1 Å². The molecule has 0 radical (unpaired) electrons. The lowest BCUT2D eigenvalue weighted by Crippen LogP contribution is -1.98. The number of hydrogen-bond acceptors (Lipinski definition) is 7. The minimum atomic E-state index is -0.556. The van der Waals surface area contributed by atoms with E-state index in [1.54, 1.807) is 6.07 Å². The minimum Gasteiger partial charge on any atom is -0.493 e. The van der Waals surface area contributed by atoms with Crippen LogP contribution in [0.2, 0.25) is 0 Å². The van der Waals surface area contributed by atoms with Crippen LogP contribution in [-0.2, 0) is 0 Å². The van der Waals surface area contributed by atoms with Crippen molar-refractivity contribution in [3.05, 3.63) is 52.6 Å². The number of aromatic nitrogens is 2. The van der Waals surface area contributed by atoms with Crippen molar-refractivity contribution in [2.24, 2.45) is 0 Å². The molecule has 3 rings (SSSR count). The standard InChI is InChI=1S/C16H13N3O5/c1-22-13-9-11(8-12(19(20)21)14(13)23-2)16-18-17-15(24-16)10-6-4-3-5-7-10/h3-9H,1-2H3. The quantitative estimate of drug-likeness (QED) is 0.523. The number of nitro groups is 1. The first-order chi connectivity index (χ1) is 11.6. The van der Waals surface area contributed by atoms with Crippen molar-refractivity contribution < 1.29 is 18.8 Å². The van der Waals surface area contributed by atoms with Crippen LogP contribution in [0.3, 0.4) is 0 Å². The van der Waals surface area contributed by atoms with E-state index < -0.39 is 4.92 Å². The SMILES string of the molecule is COc1cc(-c2nnc(-c3ccccc3)o2)cc([N+](=O)[O-])c1OC. The first-order valence-corrected chi connectivity index (χ1v) is 6.93. The van der Waals surface area contributed by atoms with Gasteiger partial charge in [0.2, 0.25) is 17.5 Å². The van der Waals surface area contributed by atoms with E-state index in [0.717, 1.165) is 5.56 Å². The molecule has 24 heavy (non-hydrogen) atoms. The van der Waals surface area contributed by atoms with Crippen molar-refractivity contribution in [3.63, 3.8) is 0 Å². The van der Waals surface area contributed by atoms with Crippen LogP contribution in [-0.4, -0.2) is 29.3 Å². The molecule has 0 amide bonds. The van der Waals surface area contributed by atoms with Crippen LogP contribution in [0, 0.1) is 10.1 Å². The minimum absolute atomic E-state index is 0.0362. The molecule has 0 aliphatic carbocycles. The Bertz CT molecular complexity index is 877. The third-order valence-corrected chi connectivity index (χ3v) is 3.35. The highest BCUT2D eigenvalue weighted by Crippen LogP contribution is 2.40. The molecule has 0 saturated carbocycles. The lowest BCUT2D eigenvalue weighted by atomic mass is 10.1. The molecule has 8 nitrogen and oxygen atoms in total. The van der Waals surface area contributed by atoms with E-state index in [1.165, 1.54) is 20.3 Å². The summed E-state index contributed by atoms with van der Waals surface area (Å²) in [6, 6.07) is 12.1. The lowest BCUT2D eigenvalue weighted by molar-refractivity contribution is -0.385. The van der Waals surface area contributed by atoms with Gasteiger partial charge in [0, 0.05) is 17.2 Å². The highest BCUT2D eigenvalue weighted by Gasteiger charge is 2.24. The van der Waals surface area contributed by atoms with E-state index in [1.807, 2.05) is 30.3 Å². The van der Waals surface area contributed by atoms with Gasteiger partial charge in [-0.1, -0.05) is 18.2 Å². The van der Waals surface area contributed by atoms with E-state index >= 15 is 0 Å². The van der Waals surface area contributed by atoms with Gasteiger partial charge in [-0.05, 0) is 18.2 Å². The van der Waals surface area contributed by atoms with Gasteiger partial charge in [0.15, 0.2) is 5.75 Å². The van der Waals surface area contributed by atoms with Crippen LogP contribution >= 0.6 is 0 Å². The second-order valence-corrected chi connectivity index (χ2v) is 4.77. The summed E-state index contributed by atoms with van der Waals surface area (Å²) in [5.41, 5.74) is 0.881. The van der Waals surface area contributed by atoms with Crippen molar-refractivity contribution in [1.29, 1.82) is 0 Å². The summed E-state index contributed by atoms with van der Waals surface area (Å²) in [6.45, 7) is 0. The summed E-state index contributed by atoms with van der Waals surface area (Å²) >= 11 is 0. The number of hydrogen-bond donors (Lipinski definition) is 0. The summed E-state index contributed by atoms with van der Waals surface area (Å²) in [4.78, 5) is 10.7. The number of methoxy groups -OCH3 is 2. The smallest absolute Gasteiger partial charge is 0.315 e. The van der Waals surface area contributed by atoms with Crippen LogP contribution in [0.4, 0.5) is 5.69 Å². The predicted octanol–water partition coefficient (Wildman–Crippen LogP) is 3.33. The largest absolute Gasteiger partial charge is 0.493 e. The molecule has 122 valence electrons. The van der Waals surface area contributed by atoms with Crippen LogP contribution in [0.15, 0.2) is 46.9 Å². The Morgan fingerprint density at radius 3 is 2.25 bits per heavy atom. The van der Waals surface area contributed by atoms with Gasteiger partial charge in [-0.15, -0.1) is 10.2 Å². The summed E-state index contributed by atoms with van der Waals surface area (Å²) in [5.74, 6) is 0.719. The molecule has 0 fully saturated rings. The van der Waals surface area contributed by atoms with Gasteiger partial charge in [-0.2, -0.15) is 0 Å². The van der Waals surface area contributed by atoms with Gasteiger partial charge < -0.3 is 13.9 Å². The number of rotatable bonds is 5. The van der Waals surface area contributed by atoms with Crippen molar-refractivity contribution in [1.82, 2.24) is 10.2 Å². The normalized spacial score (nSPS) is 10.4. The Hall–Kier alpha value is -3.42. The zero-order chi connectivity index (χ0) is 17.1. The van der Waals surface area contributed by atoms with Crippen molar-refractivity contribution in [3.8, 4) is 34.4 Å². The molecule has 0 bridgehead atoms. The Balaban J connectivity index is 2.08. The molecule has 0 N–H and O–H groups in total. The van der Waals surface area contributed by atoms with Crippen molar-refractivity contribution in [2.45, 2.75) is 0 Å². The summed E-state index contributed by atoms with van der Waals surface area (Å²) < 4.78 is 15.8. The van der Waals surface area contributed by atoms with E-state index in [4.69, 9.17) is 13.9 Å². The average molecular weight is 327 g/mol. The van der Waals surface area contributed by atoms with Crippen LogP contribution < -0.4 is 9.47 Å². The van der Waals surface area contributed by atoms with Crippen LogP contribution in [0.25, 0.3) is 22.9 Å². The monoisotopic (exact) mass is 327 g/mol. The van der Waals surface area contributed by atoms with E-state index in [-0.39, 0.29) is 23.1 Å². The fourth-order valence-electron chi connectivity index (χ4n) is 2.24. The molecule has 0 unspecified atom stereocenters. The van der Waals surface area contributed by atoms with E-state index in [2.05, 4.69) is 10.2 Å². The van der Waals surface area contributed by atoms with Gasteiger partial charge in [-0.25, -0.2) is 0 Å². The maximum atomic E-state index is 11.3.